The Morgan fingerprint density at radius 1 is 1.32 bits per heavy atom. The molecule has 0 bridgehead atoms. The van der Waals surface area contributed by atoms with Gasteiger partial charge >= 0.3 is 12.1 Å². The molecule has 0 radical (unpaired) electrons. The number of nitrogens with zero attached hydrogens (tertiary/aromatic N) is 1. The summed E-state index contributed by atoms with van der Waals surface area (Å²) in [5.41, 5.74) is 0. The standard InChI is InChI=1S/C12H20F3NO3/c13-12(14,15)5-1-6-16-7-2-10(3-8-16)19-9-4-11(17)18/h10H,1-9H2,(H,17,18). The molecule has 19 heavy (non-hydrogen) atoms. The van der Waals surface area contributed by atoms with Gasteiger partial charge in [-0.15, -0.1) is 0 Å². The molecule has 1 fully saturated rings. The van der Waals surface area contributed by atoms with E-state index in [0.717, 1.165) is 25.9 Å². The number of carbonyl (C=O) groups is 1. The Morgan fingerprint density at radius 2 is 1.95 bits per heavy atom. The monoisotopic (exact) mass is 283 g/mol. The third kappa shape index (κ3) is 8.05. The van der Waals surface area contributed by atoms with Crippen molar-refractivity contribution in [3.05, 3.63) is 0 Å². The van der Waals surface area contributed by atoms with Gasteiger partial charge in [0.2, 0.25) is 0 Å². The second-order valence-corrected chi connectivity index (χ2v) is 4.77. The number of hydrogen-bond donors (Lipinski definition) is 1. The maximum atomic E-state index is 12.0. The van der Waals surface area contributed by atoms with Crippen molar-refractivity contribution in [2.45, 2.75) is 44.4 Å². The van der Waals surface area contributed by atoms with Gasteiger partial charge in [0, 0.05) is 19.5 Å². The van der Waals surface area contributed by atoms with Crippen LogP contribution in [-0.2, 0) is 9.53 Å². The van der Waals surface area contributed by atoms with E-state index in [2.05, 4.69) is 0 Å². The first-order valence-corrected chi connectivity index (χ1v) is 6.49. The smallest absolute Gasteiger partial charge is 0.389 e. The Kier molecular flexibility index (Phi) is 6.57. The second-order valence-electron chi connectivity index (χ2n) is 4.77. The first-order valence-electron chi connectivity index (χ1n) is 6.49. The molecule has 0 aliphatic carbocycles. The Hall–Kier alpha value is -0.820. The lowest BCUT2D eigenvalue weighted by Crippen LogP contribution is -2.38. The van der Waals surface area contributed by atoms with E-state index in [4.69, 9.17) is 9.84 Å². The fourth-order valence-electron chi connectivity index (χ4n) is 2.12. The highest BCUT2D eigenvalue weighted by Crippen LogP contribution is 2.22. The zero-order valence-electron chi connectivity index (χ0n) is 10.8. The van der Waals surface area contributed by atoms with Crippen molar-refractivity contribution in [1.82, 2.24) is 4.90 Å². The van der Waals surface area contributed by atoms with E-state index in [-0.39, 0.29) is 25.6 Å². The minimum atomic E-state index is -4.07. The predicted octanol–water partition coefficient (Wildman–Crippen LogP) is 2.28. The summed E-state index contributed by atoms with van der Waals surface area (Å²) >= 11 is 0. The van der Waals surface area contributed by atoms with Gasteiger partial charge in [-0.1, -0.05) is 0 Å². The predicted molar refractivity (Wildman–Crippen MR) is 63.0 cm³/mol. The third-order valence-electron chi connectivity index (χ3n) is 3.14. The number of carboxylic acids is 1. The molecule has 1 saturated heterocycles. The van der Waals surface area contributed by atoms with E-state index in [1.807, 2.05) is 4.90 Å². The minimum Gasteiger partial charge on any atom is -0.481 e. The normalized spacial score (nSPS) is 18.7. The molecular weight excluding hydrogens is 263 g/mol. The van der Waals surface area contributed by atoms with Crippen LogP contribution < -0.4 is 0 Å². The van der Waals surface area contributed by atoms with Crippen LogP contribution in [-0.4, -0.2) is 54.5 Å². The van der Waals surface area contributed by atoms with E-state index in [9.17, 15) is 18.0 Å². The first kappa shape index (κ1) is 16.2. The van der Waals surface area contributed by atoms with Crippen molar-refractivity contribution in [3.8, 4) is 0 Å². The van der Waals surface area contributed by atoms with Crippen LogP contribution in [0.1, 0.15) is 32.1 Å². The molecule has 0 aromatic rings. The van der Waals surface area contributed by atoms with Crippen LogP contribution in [0.4, 0.5) is 13.2 Å². The molecule has 1 rings (SSSR count). The van der Waals surface area contributed by atoms with Gasteiger partial charge < -0.3 is 14.7 Å². The zero-order valence-corrected chi connectivity index (χ0v) is 10.8. The molecule has 0 aromatic heterocycles. The quantitative estimate of drug-likeness (QED) is 0.779. The van der Waals surface area contributed by atoms with E-state index in [1.54, 1.807) is 0 Å². The van der Waals surface area contributed by atoms with Crippen molar-refractivity contribution >= 4 is 5.97 Å². The van der Waals surface area contributed by atoms with Crippen molar-refractivity contribution in [3.63, 3.8) is 0 Å². The second kappa shape index (κ2) is 7.69. The average molecular weight is 283 g/mol. The van der Waals surface area contributed by atoms with Crippen molar-refractivity contribution in [2.75, 3.05) is 26.2 Å². The molecule has 1 aliphatic rings. The largest absolute Gasteiger partial charge is 0.481 e. The highest BCUT2D eigenvalue weighted by atomic mass is 19.4. The number of piperidine rings is 1. The summed E-state index contributed by atoms with van der Waals surface area (Å²) in [6, 6.07) is 0. The molecule has 112 valence electrons. The molecule has 0 unspecified atom stereocenters. The number of ether oxygens (including phenoxy) is 1. The van der Waals surface area contributed by atoms with Gasteiger partial charge in [0.05, 0.1) is 19.1 Å². The summed E-state index contributed by atoms with van der Waals surface area (Å²) < 4.78 is 41.4. The Labute approximate surface area is 110 Å². The van der Waals surface area contributed by atoms with Crippen LogP contribution in [0.3, 0.4) is 0 Å². The van der Waals surface area contributed by atoms with Crippen LogP contribution in [0.25, 0.3) is 0 Å². The SMILES string of the molecule is O=C(O)CCOC1CCN(CCCC(F)(F)F)CC1. The lowest BCUT2D eigenvalue weighted by atomic mass is 10.1. The molecule has 0 spiro atoms. The first-order chi connectivity index (χ1) is 8.87. The molecule has 4 nitrogen and oxygen atoms in total. The van der Waals surface area contributed by atoms with Gasteiger partial charge in [-0.2, -0.15) is 13.2 Å². The Bertz CT molecular complexity index is 276. The van der Waals surface area contributed by atoms with Crippen molar-refractivity contribution in [2.24, 2.45) is 0 Å². The van der Waals surface area contributed by atoms with Gasteiger partial charge in [0.1, 0.15) is 0 Å². The topological polar surface area (TPSA) is 49.8 Å². The summed E-state index contributed by atoms with van der Waals surface area (Å²) in [5.74, 6) is -0.885. The minimum absolute atomic E-state index is 0.00814. The van der Waals surface area contributed by atoms with Gasteiger partial charge in [-0.05, 0) is 25.8 Å². The van der Waals surface area contributed by atoms with Crippen LogP contribution in [0.2, 0.25) is 0 Å². The molecule has 0 atom stereocenters. The zero-order chi connectivity index (χ0) is 14.3. The molecule has 1 aliphatic heterocycles. The maximum Gasteiger partial charge on any atom is 0.389 e. The highest BCUT2D eigenvalue weighted by molar-refractivity contribution is 5.66. The van der Waals surface area contributed by atoms with Crippen molar-refractivity contribution < 1.29 is 27.8 Å². The number of halogens is 3. The summed E-state index contributed by atoms with van der Waals surface area (Å²) in [4.78, 5) is 12.3. The average Bonchev–Trinajstić information content (AvgIpc) is 2.29. The summed E-state index contributed by atoms with van der Waals surface area (Å²) in [6.45, 7) is 2.10. The molecule has 0 aromatic carbocycles. The number of likely N-dealkylation sites (tertiary alicyclic amines) is 1. The molecule has 1 heterocycles. The number of aliphatic carboxylic acids is 1. The van der Waals surface area contributed by atoms with Crippen molar-refractivity contribution in [1.29, 1.82) is 0 Å². The lowest BCUT2D eigenvalue weighted by molar-refractivity contribution is -0.139. The summed E-state index contributed by atoms with van der Waals surface area (Å²) in [6.07, 6.45) is -3.13. The number of rotatable bonds is 7. The molecular formula is C12H20F3NO3. The van der Waals surface area contributed by atoms with Gasteiger partial charge in [-0.25, -0.2) is 0 Å². The van der Waals surface area contributed by atoms with Gasteiger partial charge in [0.25, 0.3) is 0 Å². The molecule has 7 heteroatoms. The van der Waals surface area contributed by atoms with Gasteiger partial charge in [-0.3, -0.25) is 4.79 Å². The summed E-state index contributed by atoms with van der Waals surface area (Å²) in [7, 11) is 0. The maximum absolute atomic E-state index is 12.0. The van der Waals surface area contributed by atoms with Gasteiger partial charge in [0.15, 0.2) is 0 Å². The number of hydrogen-bond acceptors (Lipinski definition) is 3. The fourth-order valence-corrected chi connectivity index (χ4v) is 2.12. The lowest BCUT2D eigenvalue weighted by Gasteiger charge is -2.31. The number of carboxylic acid groups (broad SMARTS) is 1. The van der Waals surface area contributed by atoms with Crippen LogP contribution in [0.5, 0.6) is 0 Å². The van der Waals surface area contributed by atoms with Crippen LogP contribution in [0, 0.1) is 0 Å². The third-order valence-corrected chi connectivity index (χ3v) is 3.14. The van der Waals surface area contributed by atoms with E-state index >= 15 is 0 Å². The van der Waals surface area contributed by atoms with E-state index in [0.29, 0.717) is 6.54 Å². The van der Waals surface area contributed by atoms with E-state index < -0.39 is 18.6 Å². The molecule has 0 amide bonds. The highest BCUT2D eigenvalue weighted by Gasteiger charge is 2.27. The van der Waals surface area contributed by atoms with Crippen LogP contribution >= 0.6 is 0 Å². The summed E-state index contributed by atoms with van der Waals surface area (Å²) in [5, 5.41) is 8.47. The molecule has 0 saturated carbocycles. The van der Waals surface area contributed by atoms with E-state index in [1.165, 1.54) is 0 Å². The Balaban J connectivity index is 2.07. The fraction of sp³-hybridized carbons (Fsp3) is 0.917. The number of alkyl halides is 3. The van der Waals surface area contributed by atoms with Crippen LogP contribution in [0.15, 0.2) is 0 Å². The Morgan fingerprint density at radius 3 is 2.47 bits per heavy atom. The molecule has 1 N–H and O–H groups in total.